The number of aromatic nitrogens is 2. The molecular formula is C27H30N4O2. The molecule has 2 aromatic carbocycles. The summed E-state index contributed by atoms with van der Waals surface area (Å²) in [5, 5.41) is 0. The topological polar surface area (TPSA) is 66.4 Å². The quantitative estimate of drug-likeness (QED) is 0.515. The van der Waals surface area contributed by atoms with Gasteiger partial charge >= 0.3 is 0 Å². The van der Waals surface area contributed by atoms with Gasteiger partial charge in [-0.25, -0.2) is 9.97 Å². The lowest BCUT2D eigenvalue weighted by atomic mass is 9.84. The molecule has 3 aromatic rings. The Morgan fingerprint density at radius 2 is 1.67 bits per heavy atom. The molecule has 1 aliphatic rings. The largest absolute Gasteiger partial charge is 0.314 e. The zero-order valence-corrected chi connectivity index (χ0v) is 20.3. The van der Waals surface area contributed by atoms with Crippen molar-refractivity contribution >= 4 is 29.4 Å². The molecule has 0 N–H and O–H groups in total. The third kappa shape index (κ3) is 3.80. The van der Waals surface area contributed by atoms with Crippen molar-refractivity contribution in [1.82, 2.24) is 9.97 Å². The molecule has 6 heteroatoms. The number of nitrogens with zero attached hydrogens (tertiary/aromatic N) is 4. The summed E-state index contributed by atoms with van der Waals surface area (Å²) in [5.41, 5.74) is 5.37. The van der Waals surface area contributed by atoms with Crippen LogP contribution >= 0.6 is 0 Å². The molecule has 1 aliphatic heterocycles. The molecule has 0 radical (unpaired) electrons. The van der Waals surface area contributed by atoms with Crippen molar-refractivity contribution < 1.29 is 9.59 Å². The maximum atomic E-state index is 12.7. The Hall–Kier alpha value is -3.54. The number of likely N-dealkylation sites (N-methyl/N-ethyl adjacent to an activating group) is 1. The van der Waals surface area contributed by atoms with Crippen molar-refractivity contribution in [3.63, 3.8) is 0 Å². The number of benzene rings is 2. The summed E-state index contributed by atoms with van der Waals surface area (Å²) in [5.74, 6) is 0.753. The Balaban J connectivity index is 1.87. The summed E-state index contributed by atoms with van der Waals surface area (Å²) < 4.78 is 0. The molecule has 0 atom stereocenters. The monoisotopic (exact) mass is 442 g/mol. The molecular weight excluding hydrogens is 412 g/mol. The van der Waals surface area contributed by atoms with Gasteiger partial charge in [0.15, 0.2) is 0 Å². The van der Waals surface area contributed by atoms with E-state index in [9.17, 15) is 9.59 Å². The third-order valence-electron chi connectivity index (χ3n) is 6.42. The van der Waals surface area contributed by atoms with Crippen LogP contribution in [0.25, 0.3) is 11.1 Å². The average Bonchev–Trinajstić information content (AvgIpc) is 2.94. The van der Waals surface area contributed by atoms with E-state index in [1.165, 1.54) is 0 Å². The van der Waals surface area contributed by atoms with Gasteiger partial charge in [-0.05, 0) is 61.1 Å². The minimum absolute atomic E-state index is 0.0454. The number of aryl methyl sites for hydroxylation is 1. The van der Waals surface area contributed by atoms with E-state index in [0.717, 1.165) is 40.0 Å². The fraction of sp³-hybridized carbons (Fsp3) is 0.333. The Bertz CT molecular complexity index is 1240. The maximum absolute atomic E-state index is 12.7. The summed E-state index contributed by atoms with van der Waals surface area (Å²) in [6, 6.07) is 11.9. The molecule has 1 aromatic heterocycles. The zero-order valence-electron chi connectivity index (χ0n) is 20.3. The molecule has 0 saturated heterocycles. The first kappa shape index (κ1) is 22.6. The standard InChI is InChI=1S/C27H30N4O2/c1-17-28-14-19(15-29-17)18-8-10-21(26(2,3)4)24(12-18)31(16-32)20-9-11-22-23(13-20)30(7)25(33)27(22,5)6/h8-16H,1-7H3. The third-order valence-corrected chi connectivity index (χ3v) is 6.42. The van der Waals surface area contributed by atoms with Gasteiger partial charge in [0.1, 0.15) is 5.82 Å². The molecule has 0 spiro atoms. The van der Waals surface area contributed by atoms with Crippen LogP contribution in [0.1, 0.15) is 51.6 Å². The van der Waals surface area contributed by atoms with Crippen molar-refractivity contribution in [3.05, 3.63) is 65.7 Å². The first-order valence-corrected chi connectivity index (χ1v) is 11.1. The van der Waals surface area contributed by atoms with Crippen LogP contribution < -0.4 is 9.80 Å². The lowest BCUT2D eigenvalue weighted by Gasteiger charge is -2.29. The molecule has 33 heavy (non-hydrogen) atoms. The van der Waals surface area contributed by atoms with Gasteiger partial charge in [0, 0.05) is 30.7 Å². The van der Waals surface area contributed by atoms with Crippen molar-refractivity contribution in [2.75, 3.05) is 16.8 Å². The van der Waals surface area contributed by atoms with Crippen molar-refractivity contribution in [2.45, 2.75) is 52.4 Å². The smallest absolute Gasteiger partial charge is 0.236 e. The van der Waals surface area contributed by atoms with Crippen LogP contribution in [0.5, 0.6) is 0 Å². The highest BCUT2D eigenvalue weighted by molar-refractivity contribution is 6.08. The van der Waals surface area contributed by atoms with Crippen LogP contribution in [0.3, 0.4) is 0 Å². The van der Waals surface area contributed by atoms with Gasteiger partial charge in [0.2, 0.25) is 12.3 Å². The lowest BCUT2D eigenvalue weighted by molar-refractivity contribution is -0.121. The van der Waals surface area contributed by atoms with Crippen molar-refractivity contribution in [1.29, 1.82) is 0 Å². The number of carbonyl (C=O) groups is 2. The van der Waals surface area contributed by atoms with E-state index in [0.29, 0.717) is 11.5 Å². The molecule has 0 bridgehead atoms. The van der Waals surface area contributed by atoms with Gasteiger partial charge in [-0.2, -0.15) is 0 Å². The minimum Gasteiger partial charge on any atom is -0.314 e. The Kier molecular flexibility index (Phi) is 5.35. The number of amides is 2. The summed E-state index contributed by atoms with van der Waals surface area (Å²) in [7, 11) is 1.78. The normalized spacial score (nSPS) is 14.9. The minimum atomic E-state index is -0.587. The van der Waals surface area contributed by atoms with Crippen LogP contribution in [0.4, 0.5) is 17.1 Å². The number of hydrogen-bond donors (Lipinski definition) is 0. The van der Waals surface area contributed by atoms with Crippen LogP contribution in [0.15, 0.2) is 48.8 Å². The second kappa shape index (κ2) is 7.80. The van der Waals surface area contributed by atoms with Crippen LogP contribution in [-0.4, -0.2) is 29.3 Å². The second-order valence-corrected chi connectivity index (χ2v) is 10.2. The maximum Gasteiger partial charge on any atom is 0.236 e. The Morgan fingerprint density at radius 3 is 2.27 bits per heavy atom. The number of hydrogen-bond acceptors (Lipinski definition) is 4. The highest BCUT2D eigenvalue weighted by atomic mass is 16.2. The van der Waals surface area contributed by atoms with Gasteiger partial charge in [0.25, 0.3) is 0 Å². The van der Waals surface area contributed by atoms with Crippen LogP contribution in [-0.2, 0) is 20.4 Å². The molecule has 4 rings (SSSR count). The summed E-state index contributed by atoms with van der Waals surface area (Å²) in [6.45, 7) is 12.1. The second-order valence-electron chi connectivity index (χ2n) is 10.2. The molecule has 2 amide bonds. The zero-order chi connectivity index (χ0) is 24.1. The lowest BCUT2D eigenvalue weighted by Crippen LogP contribution is -2.33. The van der Waals surface area contributed by atoms with E-state index in [-0.39, 0.29) is 11.3 Å². The predicted molar refractivity (Wildman–Crippen MR) is 132 cm³/mol. The number of anilines is 3. The molecule has 0 aliphatic carbocycles. The van der Waals surface area contributed by atoms with E-state index < -0.39 is 5.41 Å². The number of carbonyl (C=O) groups excluding carboxylic acids is 2. The fourth-order valence-electron chi connectivity index (χ4n) is 4.46. The molecule has 170 valence electrons. The predicted octanol–water partition coefficient (Wildman–Crippen LogP) is 5.30. The van der Waals surface area contributed by atoms with Gasteiger partial charge in [-0.3, -0.25) is 14.5 Å². The number of fused-ring (bicyclic) bond motifs is 1. The van der Waals surface area contributed by atoms with E-state index in [4.69, 9.17) is 0 Å². The van der Waals surface area contributed by atoms with E-state index in [1.54, 1.807) is 29.2 Å². The summed E-state index contributed by atoms with van der Waals surface area (Å²) in [6.07, 6.45) is 4.42. The van der Waals surface area contributed by atoms with E-state index in [1.807, 2.05) is 51.1 Å². The SMILES string of the molecule is Cc1ncc(-c2ccc(C(C)(C)C)c(N(C=O)c3ccc4c(c3)N(C)C(=O)C4(C)C)c2)cn1. The van der Waals surface area contributed by atoms with Crippen LogP contribution in [0.2, 0.25) is 0 Å². The molecule has 0 fully saturated rings. The van der Waals surface area contributed by atoms with E-state index in [2.05, 4.69) is 36.8 Å². The first-order valence-electron chi connectivity index (χ1n) is 11.1. The molecule has 2 heterocycles. The first-order chi connectivity index (χ1) is 15.4. The Labute approximate surface area is 195 Å². The van der Waals surface area contributed by atoms with Gasteiger partial charge in [-0.1, -0.05) is 39.0 Å². The van der Waals surface area contributed by atoms with E-state index >= 15 is 0 Å². The Morgan fingerprint density at radius 1 is 1.00 bits per heavy atom. The number of rotatable bonds is 4. The molecule has 6 nitrogen and oxygen atoms in total. The highest BCUT2D eigenvalue weighted by Gasteiger charge is 2.42. The van der Waals surface area contributed by atoms with Crippen molar-refractivity contribution in [3.8, 4) is 11.1 Å². The fourth-order valence-corrected chi connectivity index (χ4v) is 4.46. The van der Waals surface area contributed by atoms with Crippen LogP contribution in [0, 0.1) is 6.92 Å². The highest BCUT2D eigenvalue weighted by Crippen LogP contribution is 2.44. The van der Waals surface area contributed by atoms with Gasteiger partial charge in [0.05, 0.1) is 16.8 Å². The molecule has 0 unspecified atom stereocenters. The van der Waals surface area contributed by atoms with Gasteiger partial charge in [-0.15, -0.1) is 0 Å². The average molecular weight is 443 g/mol. The summed E-state index contributed by atoms with van der Waals surface area (Å²) in [4.78, 5) is 37.2. The van der Waals surface area contributed by atoms with Crippen molar-refractivity contribution in [2.24, 2.45) is 0 Å². The molecule has 0 saturated carbocycles. The summed E-state index contributed by atoms with van der Waals surface area (Å²) >= 11 is 0. The van der Waals surface area contributed by atoms with Gasteiger partial charge < -0.3 is 4.90 Å².